The lowest BCUT2D eigenvalue weighted by Crippen LogP contribution is -1.91. The summed E-state index contributed by atoms with van der Waals surface area (Å²) in [4.78, 5) is 4.29. The van der Waals surface area contributed by atoms with E-state index >= 15 is 0 Å². The van der Waals surface area contributed by atoms with Gasteiger partial charge in [-0.2, -0.15) is 0 Å². The lowest BCUT2D eigenvalue weighted by Gasteiger charge is -2.05. The molecule has 0 radical (unpaired) electrons. The zero-order valence-electron chi connectivity index (χ0n) is 7.05. The van der Waals surface area contributed by atoms with Gasteiger partial charge in [0.1, 0.15) is 0 Å². The normalized spacial score (nSPS) is 16.3. The fourth-order valence-corrected chi connectivity index (χ4v) is 3.77. The van der Waals surface area contributed by atoms with Gasteiger partial charge in [0.15, 0.2) is 3.18 Å². The number of allylic oxidation sites excluding steroid dienone is 1. The molecule has 0 fully saturated rings. The number of aliphatic imine (C=N–C) groups is 1. The van der Waals surface area contributed by atoms with Crippen molar-refractivity contribution < 1.29 is 0 Å². The largest absolute Gasteiger partial charge is 0.230 e. The summed E-state index contributed by atoms with van der Waals surface area (Å²) in [6.45, 7) is 0. The molecule has 4 heteroatoms. The minimum absolute atomic E-state index is 0.409. The van der Waals surface area contributed by atoms with E-state index in [-0.39, 0.29) is 0 Å². The fraction of sp³-hybridized carbons (Fsp3) is 0. The lowest BCUT2D eigenvalue weighted by atomic mass is 10.1. The van der Waals surface area contributed by atoms with Crippen molar-refractivity contribution in [2.75, 3.05) is 0 Å². The van der Waals surface area contributed by atoms with Crippen molar-refractivity contribution in [3.05, 3.63) is 42.0 Å². The molecule has 0 aliphatic carbocycles. The first-order valence-electron chi connectivity index (χ1n) is 3.94. The van der Waals surface area contributed by atoms with Crippen molar-refractivity contribution in [1.82, 2.24) is 0 Å². The minimum atomic E-state index is -0.409. The number of hydrogen-bond donors (Lipinski definition) is 0. The maximum absolute atomic E-state index is 5.98. The molecule has 0 aromatic heterocycles. The van der Waals surface area contributed by atoms with Crippen molar-refractivity contribution >= 4 is 55.8 Å². The first-order chi connectivity index (χ1) is 6.75. The molecule has 0 unspecified atom stereocenters. The molecule has 0 amide bonds. The molecule has 1 aromatic carbocycles. The summed E-state index contributed by atoms with van der Waals surface area (Å²) in [5, 5.41) is 0. The summed E-state index contributed by atoms with van der Waals surface area (Å²) >= 11 is 11.5. The van der Waals surface area contributed by atoms with Crippen molar-refractivity contribution in [1.29, 1.82) is 0 Å². The number of benzene rings is 1. The van der Waals surface area contributed by atoms with Crippen LogP contribution in [0, 0.1) is 0 Å². The first kappa shape index (κ1) is 10.3. The Kier molecular flexibility index (Phi) is 3.36. The van der Waals surface area contributed by atoms with Gasteiger partial charge < -0.3 is 0 Å². The van der Waals surface area contributed by atoms with E-state index < -0.39 is 20.7 Å². The molecule has 1 aromatic rings. The van der Waals surface area contributed by atoms with Crippen molar-refractivity contribution in [3.8, 4) is 0 Å². The average molecular weight is 338 g/mol. The molecule has 0 N–H and O–H groups in total. The van der Waals surface area contributed by atoms with Gasteiger partial charge in [0.25, 0.3) is 0 Å². The van der Waals surface area contributed by atoms with Gasteiger partial charge >= 0.3 is 0 Å². The van der Waals surface area contributed by atoms with Gasteiger partial charge in [-0.3, -0.25) is 0 Å². The Balaban J connectivity index is 2.43. The Morgan fingerprint density at radius 3 is 2.43 bits per heavy atom. The predicted molar refractivity (Wildman–Crippen MR) is 72.6 cm³/mol. The van der Waals surface area contributed by atoms with E-state index in [1.807, 2.05) is 36.4 Å². The van der Waals surface area contributed by atoms with Crippen molar-refractivity contribution in [2.24, 2.45) is 4.99 Å². The van der Waals surface area contributed by atoms with E-state index in [0.717, 1.165) is 14.2 Å². The molecule has 0 spiro atoms. The Morgan fingerprint density at radius 2 is 1.79 bits per heavy atom. The molecule has 1 aliphatic rings. The van der Waals surface area contributed by atoms with Crippen LogP contribution in [0.1, 0.15) is 5.56 Å². The highest BCUT2D eigenvalue weighted by atomic mass is 127. The lowest BCUT2D eigenvalue weighted by molar-refractivity contribution is 1.53. The highest BCUT2D eigenvalue weighted by molar-refractivity contribution is 14.2. The van der Waals surface area contributed by atoms with E-state index in [1.165, 1.54) is 0 Å². The predicted octanol–water partition coefficient (Wildman–Crippen LogP) is 3.98. The SMILES string of the molecule is ClC1=NC(c2ccccc2)=CC(Cl)=I1. The Hall–Kier alpha value is -0.190. The number of halogens is 3. The van der Waals surface area contributed by atoms with Gasteiger partial charge in [-0.15, -0.1) is 0 Å². The van der Waals surface area contributed by atoms with Crippen LogP contribution in [0.15, 0.2) is 41.4 Å². The molecule has 1 nitrogen and oxygen atoms in total. The summed E-state index contributed by atoms with van der Waals surface area (Å²) in [7, 11) is 0. The molecular weight excluding hydrogens is 332 g/mol. The standard InChI is InChI=1S/C10H6Cl2IN/c11-9-6-8(14-10(12)13-9)7-4-2-1-3-5-7/h1-6H. The second kappa shape index (κ2) is 4.55. The highest BCUT2D eigenvalue weighted by Gasteiger charge is 2.07. The average Bonchev–Trinajstić information content (AvgIpc) is 2.18. The fourth-order valence-electron chi connectivity index (χ4n) is 1.11. The van der Waals surface area contributed by atoms with E-state index in [2.05, 4.69) is 4.99 Å². The molecule has 14 heavy (non-hydrogen) atoms. The zero-order valence-corrected chi connectivity index (χ0v) is 10.7. The number of nitrogens with zero attached hydrogens (tertiary/aromatic N) is 1. The van der Waals surface area contributed by atoms with E-state index in [0.29, 0.717) is 3.18 Å². The second-order valence-corrected chi connectivity index (χ2v) is 7.40. The summed E-state index contributed by atoms with van der Waals surface area (Å²) in [6, 6.07) is 9.89. The zero-order chi connectivity index (χ0) is 9.97. The molecule has 1 heterocycles. The van der Waals surface area contributed by atoms with Gasteiger partial charge in [0.2, 0.25) is 0 Å². The summed E-state index contributed by atoms with van der Waals surface area (Å²) in [6.07, 6.45) is 1.90. The number of hydrogen-bond acceptors (Lipinski definition) is 1. The topological polar surface area (TPSA) is 12.4 Å². The molecule has 2 rings (SSSR count). The number of rotatable bonds is 1. The van der Waals surface area contributed by atoms with Gasteiger partial charge in [0, 0.05) is 5.56 Å². The van der Waals surface area contributed by atoms with Gasteiger partial charge in [-0.25, -0.2) is 4.99 Å². The van der Waals surface area contributed by atoms with Crippen LogP contribution in [0.3, 0.4) is 0 Å². The van der Waals surface area contributed by atoms with Crippen LogP contribution in [0.25, 0.3) is 5.70 Å². The molecular formula is C10H6Cl2IN. The van der Waals surface area contributed by atoms with Crippen LogP contribution >= 0.6 is 43.9 Å². The van der Waals surface area contributed by atoms with Crippen LogP contribution in [-0.2, 0) is 0 Å². The van der Waals surface area contributed by atoms with Crippen LogP contribution in [0.5, 0.6) is 0 Å². The third kappa shape index (κ3) is 2.43. The van der Waals surface area contributed by atoms with Gasteiger partial charge in [-0.05, 0) is 26.8 Å². The van der Waals surface area contributed by atoms with Gasteiger partial charge in [-0.1, -0.05) is 53.5 Å². The van der Waals surface area contributed by atoms with Crippen LogP contribution in [-0.4, -0.2) is 6.15 Å². The molecule has 0 bridgehead atoms. The maximum Gasteiger partial charge on any atom is 0.162 e. The van der Waals surface area contributed by atoms with Crippen LogP contribution < -0.4 is 0 Å². The maximum atomic E-state index is 5.98. The Bertz CT molecular complexity index is 432. The third-order valence-corrected chi connectivity index (χ3v) is 4.35. The Labute approximate surface area is 102 Å². The molecule has 0 atom stereocenters. The van der Waals surface area contributed by atoms with E-state index in [1.54, 1.807) is 0 Å². The van der Waals surface area contributed by atoms with Crippen LogP contribution in [0.4, 0.5) is 0 Å². The van der Waals surface area contributed by atoms with E-state index in [9.17, 15) is 0 Å². The third-order valence-electron chi connectivity index (χ3n) is 1.69. The summed E-state index contributed by atoms with van der Waals surface area (Å²) in [5.74, 6) is 0. The van der Waals surface area contributed by atoms with Gasteiger partial charge in [0.05, 0.1) is 8.67 Å². The highest BCUT2D eigenvalue weighted by Crippen LogP contribution is 2.26. The summed E-state index contributed by atoms with van der Waals surface area (Å²) < 4.78 is 1.48. The van der Waals surface area contributed by atoms with Crippen molar-refractivity contribution in [2.45, 2.75) is 0 Å². The monoisotopic (exact) mass is 337 g/mol. The quantitative estimate of drug-likeness (QED) is 0.687. The minimum Gasteiger partial charge on any atom is -0.230 e. The first-order valence-corrected chi connectivity index (χ1v) is 6.85. The molecule has 0 saturated heterocycles. The van der Waals surface area contributed by atoms with Crippen molar-refractivity contribution in [3.63, 3.8) is 0 Å². The molecule has 72 valence electrons. The van der Waals surface area contributed by atoms with E-state index in [4.69, 9.17) is 23.2 Å². The van der Waals surface area contributed by atoms with Crippen LogP contribution in [0.2, 0.25) is 0 Å². The molecule has 1 aliphatic heterocycles. The summed E-state index contributed by atoms with van der Waals surface area (Å²) in [5.41, 5.74) is 1.90. The Morgan fingerprint density at radius 1 is 1.07 bits per heavy atom. The second-order valence-electron chi connectivity index (χ2n) is 2.63. The smallest absolute Gasteiger partial charge is 0.162 e. The molecule has 0 saturated carbocycles.